The Labute approximate surface area is 118 Å². The third-order valence-corrected chi connectivity index (χ3v) is 3.77. The molecule has 1 unspecified atom stereocenters. The molecular weight excluding hydrogens is 252 g/mol. The van der Waals surface area contributed by atoms with Crippen molar-refractivity contribution in [2.24, 2.45) is 7.05 Å². The lowest BCUT2D eigenvalue weighted by molar-refractivity contribution is -0.121. The van der Waals surface area contributed by atoms with Crippen molar-refractivity contribution in [1.82, 2.24) is 9.78 Å². The molecule has 0 spiro atoms. The number of carbonyl (C=O) groups is 1. The number of rotatable bonds is 4. The van der Waals surface area contributed by atoms with E-state index in [4.69, 9.17) is 4.74 Å². The largest absolute Gasteiger partial charge is 0.493 e. The summed E-state index contributed by atoms with van der Waals surface area (Å²) < 4.78 is 7.37. The first-order chi connectivity index (χ1) is 9.74. The molecule has 2 aromatic rings. The highest BCUT2D eigenvalue weighted by Gasteiger charge is 2.26. The molecule has 20 heavy (non-hydrogen) atoms. The van der Waals surface area contributed by atoms with Crippen molar-refractivity contribution in [3.8, 4) is 5.75 Å². The normalized spacial score (nSPS) is 17.4. The summed E-state index contributed by atoms with van der Waals surface area (Å²) >= 11 is 0. The van der Waals surface area contributed by atoms with Gasteiger partial charge in [-0.3, -0.25) is 9.48 Å². The predicted molar refractivity (Wildman–Crippen MR) is 75.8 cm³/mol. The van der Waals surface area contributed by atoms with Crippen molar-refractivity contribution in [2.45, 2.75) is 25.2 Å². The monoisotopic (exact) mass is 270 g/mol. The van der Waals surface area contributed by atoms with Gasteiger partial charge >= 0.3 is 0 Å². The van der Waals surface area contributed by atoms with Crippen LogP contribution >= 0.6 is 0 Å². The van der Waals surface area contributed by atoms with Crippen molar-refractivity contribution in [3.63, 3.8) is 0 Å². The molecule has 1 atom stereocenters. The minimum Gasteiger partial charge on any atom is -0.493 e. The molecule has 104 valence electrons. The smallest absolute Gasteiger partial charge is 0.140 e. The first-order valence-corrected chi connectivity index (χ1v) is 6.96. The lowest BCUT2D eigenvalue weighted by Gasteiger charge is -2.24. The molecule has 0 fully saturated rings. The van der Waals surface area contributed by atoms with Crippen molar-refractivity contribution in [1.29, 1.82) is 0 Å². The molecule has 1 aliphatic rings. The molecule has 1 aromatic carbocycles. The van der Waals surface area contributed by atoms with Crippen molar-refractivity contribution in [3.05, 3.63) is 47.8 Å². The number of benzene rings is 1. The Balaban J connectivity index is 1.69. The Bertz CT molecular complexity index is 618. The summed E-state index contributed by atoms with van der Waals surface area (Å²) in [6, 6.07) is 7.85. The highest BCUT2D eigenvalue weighted by molar-refractivity contribution is 5.86. The molecule has 0 radical (unpaired) electrons. The molecule has 0 saturated heterocycles. The second kappa shape index (κ2) is 5.49. The fourth-order valence-corrected chi connectivity index (χ4v) is 2.72. The number of ketones is 1. The second-order valence-electron chi connectivity index (χ2n) is 5.22. The van der Waals surface area contributed by atoms with Crippen LogP contribution in [0.3, 0.4) is 0 Å². The number of aromatic nitrogens is 2. The summed E-state index contributed by atoms with van der Waals surface area (Å²) in [5.41, 5.74) is 2.15. The molecule has 4 heteroatoms. The summed E-state index contributed by atoms with van der Waals surface area (Å²) in [6.45, 7) is 0.625. The van der Waals surface area contributed by atoms with Crippen LogP contribution < -0.4 is 4.74 Å². The van der Waals surface area contributed by atoms with Gasteiger partial charge in [-0.05, 0) is 24.5 Å². The van der Waals surface area contributed by atoms with Crippen molar-refractivity contribution in [2.75, 3.05) is 6.61 Å². The molecule has 0 bridgehead atoms. The van der Waals surface area contributed by atoms with E-state index in [1.54, 1.807) is 4.68 Å². The molecule has 1 aliphatic heterocycles. The van der Waals surface area contributed by atoms with Crippen molar-refractivity contribution < 1.29 is 9.53 Å². The van der Waals surface area contributed by atoms with Crippen LogP contribution in [0.2, 0.25) is 0 Å². The Morgan fingerprint density at radius 1 is 1.45 bits per heavy atom. The molecule has 4 nitrogen and oxygen atoms in total. The number of fused-ring (bicyclic) bond motifs is 1. The van der Waals surface area contributed by atoms with Crippen LogP contribution in [0.5, 0.6) is 5.75 Å². The summed E-state index contributed by atoms with van der Waals surface area (Å²) in [7, 11) is 1.89. The predicted octanol–water partition coefficient (Wildman–Crippen LogP) is 2.49. The van der Waals surface area contributed by atoms with E-state index in [9.17, 15) is 4.79 Å². The van der Waals surface area contributed by atoms with E-state index >= 15 is 0 Å². The van der Waals surface area contributed by atoms with Crippen LogP contribution in [0, 0.1) is 0 Å². The van der Waals surface area contributed by atoms with E-state index < -0.39 is 0 Å². The van der Waals surface area contributed by atoms with Gasteiger partial charge in [-0.1, -0.05) is 18.2 Å². The zero-order chi connectivity index (χ0) is 13.9. The summed E-state index contributed by atoms with van der Waals surface area (Å²) in [6.07, 6.45) is 5.89. The first-order valence-electron chi connectivity index (χ1n) is 6.96. The van der Waals surface area contributed by atoms with Gasteiger partial charge in [0.25, 0.3) is 0 Å². The van der Waals surface area contributed by atoms with Gasteiger partial charge in [0.2, 0.25) is 0 Å². The van der Waals surface area contributed by atoms with E-state index in [2.05, 4.69) is 5.10 Å². The SMILES string of the molecule is Cn1cc(CCC(=O)C2CCOc3ccccc32)cn1. The first kappa shape index (κ1) is 12.9. The zero-order valence-electron chi connectivity index (χ0n) is 11.6. The maximum absolute atomic E-state index is 12.5. The van der Waals surface area contributed by atoms with Crippen LogP contribution in [0.15, 0.2) is 36.7 Å². The molecule has 0 aliphatic carbocycles. The van der Waals surface area contributed by atoms with Gasteiger partial charge in [-0.15, -0.1) is 0 Å². The summed E-state index contributed by atoms with van der Waals surface area (Å²) in [5.74, 6) is 1.14. The van der Waals surface area contributed by atoms with E-state index in [0.717, 1.165) is 29.7 Å². The van der Waals surface area contributed by atoms with E-state index in [1.165, 1.54) is 0 Å². The Kier molecular flexibility index (Phi) is 3.54. The molecule has 0 amide bonds. The number of ether oxygens (including phenoxy) is 1. The molecular formula is C16H18N2O2. The van der Waals surface area contributed by atoms with Gasteiger partial charge in [0.05, 0.1) is 12.8 Å². The minimum atomic E-state index is -0.0170. The topological polar surface area (TPSA) is 44.1 Å². The van der Waals surface area contributed by atoms with E-state index in [-0.39, 0.29) is 5.92 Å². The standard InChI is InChI=1S/C16H18N2O2/c1-18-11-12(10-17-18)6-7-15(19)13-8-9-20-16-5-3-2-4-14(13)16/h2-5,10-11,13H,6-9H2,1H3. The van der Waals surface area contributed by atoms with Gasteiger partial charge in [0.15, 0.2) is 0 Å². The molecule has 1 aromatic heterocycles. The Morgan fingerprint density at radius 3 is 3.10 bits per heavy atom. The van der Waals surface area contributed by atoms with Crippen LogP contribution in [0.4, 0.5) is 0 Å². The number of Topliss-reactive ketones (excluding diaryl/α,β-unsaturated/α-hetero) is 1. The molecule has 0 N–H and O–H groups in total. The number of nitrogens with zero attached hydrogens (tertiary/aromatic N) is 2. The maximum atomic E-state index is 12.5. The highest BCUT2D eigenvalue weighted by Crippen LogP contribution is 2.34. The fourth-order valence-electron chi connectivity index (χ4n) is 2.72. The molecule has 2 heterocycles. The van der Waals surface area contributed by atoms with Gasteiger partial charge in [0, 0.05) is 31.1 Å². The van der Waals surface area contributed by atoms with Crippen LogP contribution in [0.1, 0.15) is 29.9 Å². The number of hydrogen-bond acceptors (Lipinski definition) is 3. The minimum absolute atomic E-state index is 0.0170. The van der Waals surface area contributed by atoms with E-state index in [0.29, 0.717) is 18.8 Å². The van der Waals surface area contributed by atoms with Crippen molar-refractivity contribution >= 4 is 5.78 Å². The number of para-hydroxylation sites is 1. The number of aryl methyl sites for hydroxylation is 2. The summed E-state index contributed by atoms with van der Waals surface area (Å²) in [4.78, 5) is 12.5. The van der Waals surface area contributed by atoms with Crippen LogP contribution in [0.25, 0.3) is 0 Å². The van der Waals surface area contributed by atoms with Crippen LogP contribution in [-0.4, -0.2) is 22.2 Å². The fraction of sp³-hybridized carbons (Fsp3) is 0.375. The van der Waals surface area contributed by atoms with Gasteiger partial charge in [-0.2, -0.15) is 5.10 Å². The Morgan fingerprint density at radius 2 is 2.30 bits per heavy atom. The maximum Gasteiger partial charge on any atom is 0.140 e. The van der Waals surface area contributed by atoms with Gasteiger partial charge in [-0.25, -0.2) is 0 Å². The second-order valence-corrected chi connectivity index (χ2v) is 5.22. The lowest BCUT2D eigenvalue weighted by Crippen LogP contribution is -2.21. The van der Waals surface area contributed by atoms with E-state index in [1.807, 2.05) is 43.7 Å². The lowest BCUT2D eigenvalue weighted by atomic mass is 9.87. The molecule has 0 saturated carbocycles. The quantitative estimate of drug-likeness (QED) is 0.857. The summed E-state index contributed by atoms with van der Waals surface area (Å²) in [5, 5.41) is 4.13. The third-order valence-electron chi connectivity index (χ3n) is 3.77. The third kappa shape index (κ3) is 2.59. The zero-order valence-corrected chi connectivity index (χ0v) is 11.6. The molecule has 3 rings (SSSR count). The van der Waals surface area contributed by atoms with Crippen LogP contribution in [-0.2, 0) is 18.3 Å². The van der Waals surface area contributed by atoms with Gasteiger partial charge in [0.1, 0.15) is 11.5 Å². The number of carbonyl (C=O) groups excluding carboxylic acids is 1. The van der Waals surface area contributed by atoms with Gasteiger partial charge < -0.3 is 4.74 Å². The Hall–Kier alpha value is -2.10. The average Bonchev–Trinajstić information content (AvgIpc) is 2.90. The number of hydrogen-bond donors (Lipinski definition) is 0. The average molecular weight is 270 g/mol. The highest BCUT2D eigenvalue weighted by atomic mass is 16.5.